The largest absolute Gasteiger partial charge is 0.405 e. The highest BCUT2D eigenvalue weighted by Gasteiger charge is 2.29. The van der Waals surface area contributed by atoms with Gasteiger partial charge >= 0.3 is 6.18 Å². The zero-order valence-corrected chi connectivity index (χ0v) is 11.8. The second-order valence-corrected chi connectivity index (χ2v) is 5.01. The molecule has 1 rings (SSSR count). The SMILES string of the molecule is CC(C)NCc1nc(N(C)CC(F)(F)F)ccc1Cl. The third-order valence-electron chi connectivity index (χ3n) is 2.39. The third-order valence-corrected chi connectivity index (χ3v) is 2.73. The summed E-state index contributed by atoms with van der Waals surface area (Å²) >= 11 is 5.97. The van der Waals surface area contributed by atoms with E-state index in [1.54, 1.807) is 6.07 Å². The predicted octanol–water partition coefficient (Wildman–Crippen LogP) is 3.23. The molecule has 0 aliphatic heterocycles. The Kier molecular flexibility index (Phi) is 5.43. The van der Waals surface area contributed by atoms with Gasteiger partial charge in [0, 0.05) is 19.6 Å². The average molecular weight is 296 g/mol. The van der Waals surface area contributed by atoms with Crippen LogP contribution < -0.4 is 10.2 Å². The van der Waals surface area contributed by atoms with Gasteiger partial charge in [0.1, 0.15) is 12.4 Å². The number of nitrogens with zero attached hydrogens (tertiary/aromatic N) is 2. The maximum Gasteiger partial charge on any atom is 0.405 e. The van der Waals surface area contributed by atoms with Crippen LogP contribution in [-0.2, 0) is 6.54 Å². The summed E-state index contributed by atoms with van der Waals surface area (Å²) in [5, 5.41) is 3.57. The van der Waals surface area contributed by atoms with Crippen LogP contribution in [-0.4, -0.2) is 30.8 Å². The molecule has 0 fully saturated rings. The molecule has 0 aliphatic carbocycles. The van der Waals surface area contributed by atoms with Crippen LogP contribution >= 0.6 is 11.6 Å². The maximum absolute atomic E-state index is 12.3. The number of hydrogen-bond donors (Lipinski definition) is 1. The summed E-state index contributed by atoms with van der Waals surface area (Å²) in [7, 11) is 1.35. The molecule has 1 N–H and O–H groups in total. The van der Waals surface area contributed by atoms with Crippen molar-refractivity contribution in [3.05, 3.63) is 22.8 Å². The Morgan fingerprint density at radius 2 is 2.00 bits per heavy atom. The molecule has 108 valence electrons. The molecule has 7 heteroatoms. The third kappa shape index (κ3) is 5.65. The first-order valence-electron chi connectivity index (χ1n) is 5.85. The summed E-state index contributed by atoms with van der Waals surface area (Å²) < 4.78 is 37.0. The van der Waals surface area contributed by atoms with Crippen LogP contribution in [0.2, 0.25) is 5.02 Å². The van der Waals surface area contributed by atoms with Crippen molar-refractivity contribution in [2.24, 2.45) is 0 Å². The zero-order chi connectivity index (χ0) is 14.6. The summed E-state index contributed by atoms with van der Waals surface area (Å²) in [6.45, 7) is 3.31. The quantitative estimate of drug-likeness (QED) is 0.904. The van der Waals surface area contributed by atoms with Gasteiger partial charge in [-0.3, -0.25) is 0 Å². The number of halogens is 4. The molecule has 0 aromatic carbocycles. The minimum Gasteiger partial charge on any atom is -0.351 e. The number of pyridine rings is 1. The number of aromatic nitrogens is 1. The molecule has 19 heavy (non-hydrogen) atoms. The molecular weight excluding hydrogens is 279 g/mol. The fourth-order valence-corrected chi connectivity index (χ4v) is 1.63. The number of alkyl halides is 3. The van der Waals surface area contributed by atoms with Gasteiger partial charge in [0.25, 0.3) is 0 Å². The molecule has 1 aromatic rings. The van der Waals surface area contributed by atoms with Crippen LogP contribution in [0, 0.1) is 0 Å². The van der Waals surface area contributed by atoms with Gasteiger partial charge in [0.15, 0.2) is 0 Å². The molecule has 1 heterocycles. The van der Waals surface area contributed by atoms with Crippen LogP contribution in [0.4, 0.5) is 19.0 Å². The highest BCUT2D eigenvalue weighted by Crippen LogP contribution is 2.22. The fourth-order valence-electron chi connectivity index (χ4n) is 1.46. The van der Waals surface area contributed by atoms with E-state index in [2.05, 4.69) is 10.3 Å². The van der Waals surface area contributed by atoms with E-state index in [0.29, 0.717) is 17.3 Å². The zero-order valence-electron chi connectivity index (χ0n) is 11.1. The molecule has 0 amide bonds. The Bertz CT molecular complexity index is 421. The molecule has 0 unspecified atom stereocenters. The highest BCUT2D eigenvalue weighted by atomic mass is 35.5. The Morgan fingerprint density at radius 1 is 1.37 bits per heavy atom. The van der Waals surface area contributed by atoms with Crippen LogP contribution in [0.5, 0.6) is 0 Å². The van der Waals surface area contributed by atoms with Crippen molar-refractivity contribution < 1.29 is 13.2 Å². The van der Waals surface area contributed by atoms with Crippen molar-refractivity contribution >= 4 is 17.4 Å². The van der Waals surface area contributed by atoms with Gasteiger partial charge in [-0.05, 0) is 12.1 Å². The van der Waals surface area contributed by atoms with Crippen LogP contribution in [0.25, 0.3) is 0 Å². The van der Waals surface area contributed by atoms with E-state index in [9.17, 15) is 13.2 Å². The second-order valence-electron chi connectivity index (χ2n) is 4.60. The molecule has 0 saturated carbocycles. The lowest BCUT2D eigenvalue weighted by molar-refractivity contribution is -0.119. The Labute approximate surface area is 115 Å². The molecule has 3 nitrogen and oxygen atoms in total. The molecule has 0 aliphatic rings. The second kappa shape index (κ2) is 6.43. The fraction of sp³-hybridized carbons (Fsp3) is 0.583. The summed E-state index contributed by atoms with van der Waals surface area (Å²) in [5.41, 5.74) is 0.543. The smallest absolute Gasteiger partial charge is 0.351 e. The molecule has 0 radical (unpaired) electrons. The van der Waals surface area contributed by atoms with E-state index < -0.39 is 12.7 Å². The van der Waals surface area contributed by atoms with Gasteiger partial charge in [-0.25, -0.2) is 4.98 Å². The van der Waals surface area contributed by atoms with Crippen molar-refractivity contribution in [3.63, 3.8) is 0 Å². The number of nitrogens with one attached hydrogen (secondary N) is 1. The highest BCUT2D eigenvalue weighted by molar-refractivity contribution is 6.31. The van der Waals surface area contributed by atoms with Gasteiger partial charge in [-0.1, -0.05) is 25.4 Å². The lowest BCUT2D eigenvalue weighted by Gasteiger charge is -2.21. The van der Waals surface area contributed by atoms with Gasteiger partial charge < -0.3 is 10.2 Å². The van der Waals surface area contributed by atoms with Gasteiger partial charge in [-0.15, -0.1) is 0 Å². The minimum atomic E-state index is -4.26. The first kappa shape index (κ1) is 16.0. The Morgan fingerprint density at radius 3 is 2.53 bits per heavy atom. The summed E-state index contributed by atoms with van der Waals surface area (Å²) in [4.78, 5) is 5.21. The van der Waals surface area contributed by atoms with E-state index in [1.165, 1.54) is 13.1 Å². The normalized spacial score (nSPS) is 12.0. The topological polar surface area (TPSA) is 28.2 Å². The monoisotopic (exact) mass is 295 g/mol. The van der Waals surface area contributed by atoms with E-state index in [0.717, 1.165) is 4.90 Å². The van der Waals surface area contributed by atoms with E-state index in [1.807, 2.05) is 13.8 Å². The predicted molar refractivity (Wildman–Crippen MR) is 70.5 cm³/mol. The minimum absolute atomic E-state index is 0.245. The van der Waals surface area contributed by atoms with Crippen molar-refractivity contribution in [2.75, 3.05) is 18.5 Å². The lowest BCUT2D eigenvalue weighted by Crippen LogP contribution is -2.31. The molecular formula is C12H17ClF3N3. The molecule has 0 bridgehead atoms. The van der Waals surface area contributed by atoms with Gasteiger partial charge in [0.05, 0.1) is 10.7 Å². The Hall–Kier alpha value is -1.01. The summed E-state index contributed by atoms with van der Waals surface area (Å²) in [5.74, 6) is 0.252. The van der Waals surface area contributed by atoms with Crippen LogP contribution in [0.15, 0.2) is 12.1 Å². The maximum atomic E-state index is 12.3. The van der Waals surface area contributed by atoms with Crippen molar-refractivity contribution in [3.8, 4) is 0 Å². The van der Waals surface area contributed by atoms with E-state index in [-0.39, 0.29) is 11.9 Å². The summed E-state index contributed by atoms with van der Waals surface area (Å²) in [6, 6.07) is 3.29. The van der Waals surface area contributed by atoms with E-state index in [4.69, 9.17) is 11.6 Å². The van der Waals surface area contributed by atoms with Gasteiger partial charge in [0.2, 0.25) is 0 Å². The molecule has 0 spiro atoms. The van der Waals surface area contributed by atoms with Crippen molar-refractivity contribution in [2.45, 2.75) is 32.6 Å². The first-order chi connectivity index (χ1) is 8.69. The molecule has 1 aromatic heterocycles. The first-order valence-corrected chi connectivity index (χ1v) is 6.23. The number of anilines is 1. The lowest BCUT2D eigenvalue weighted by atomic mass is 10.3. The number of hydrogen-bond acceptors (Lipinski definition) is 3. The van der Waals surface area contributed by atoms with Gasteiger partial charge in [-0.2, -0.15) is 13.2 Å². The molecule has 0 atom stereocenters. The van der Waals surface area contributed by atoms with E-state index >= 15 is 0 Å². The average Bonchev–Trinajstić information content (AvgIpc) is 2.25. The van der Waals surface area contributed by atoms with Crippen LogP contribution in [0.3, 0.4) is 0 Å². The van der Waals surface area contributed by atoms with Crippen molar-refractivity contribution in [1.82, 2.24) is 10.3 Å². The number of rotatable bonds is 5. The standard InChI is InChI=1S/C12H17ClF3N3/c1-8(2)17-6-10-9(13)4-5-11(18-10)19(3)7-12(14,15)16/h4-5,8,17H,6-7H2,1-3H3. The van der Waals surface area contributed by atoms with Crippen LogP contribution in [0.1, 0.15) is 19.5 Å². The molecule has 0 saturated heterocycles. The summed E-state index contributed by atoms with van der Waals surface area (Å²) in [6.07, 6.45) is -4.26. The Balaban J connectivity index is 2.83. The van der Waals surface area contributed by atoms with Crippen molar-refractivity contribution in [1.29, 1.82) is 0 Å².